The summed E-state index contributed by atoms with van der Waals surface area (Å²) in [5.41, 5.74) is 0.179. The molecule has 2 rings (SSSR count). The quantitative estimate of drug-likeness (QED) is 0.903. The minimum absolute atomic E-state index is 0.272. The summed E-state index contributed by atoms with van der Waals surface area (Å²) in [5, 5.41) is 3.30. The fourth-order valence-electron chi connectivity index (χ4n) is 2.90. The summed E-state index contributed by atoms with van der Waals surface area (Å²) in [7, 11) is 0. The fourth-order valence-corrected chi connectivity index (χ4v) is 2.90. The van der Waals surface area contributed by atoms with E-state index in [0.29, 0.717) is 17.4 Å². The van der Waals surface area contributed by atoms with Crippen LogP contribution in [0.2, 0.25) is 0 Å². The molecule has 136 valence electrons. The molecule has 0 radical (unpaired) electrons. The average Bonchev–Trinajstić information content (AvgIpc) is 2.49. The van der Waals surface area contributed by atoms with Crippen molar-refractivity contribution in [2.24, 2.45) is 0 Å². The van der Waals surface area contributed by atoms with Crippen molar-refractivity contribution in [3.05, 3.63) is 44.6 Å². The normalized spacial score (nSPS) is 11.7. The van der Waals surface area contributed by atoms with Crippen LogP contribution in [0, 0.1) is 6.92 Å². The van der Waals surface area contributed by atoms with E-state index in [4.69, 9.17) is 0 Å². The zero-order valence-corrected chi connectivity index (χ0v) is 15.7. The molecule has 0 bridgehead atoms. The molecule has 0 aliphatic carbocycles. The maximum absolute atomic E-state index is 12.9. The lowest BCUT2D eigenvalue weighted by Gasteiger charge is -2.21. The zero-order chi connectivity index (χ0) is 18.8. The van der Waals surface area contributed by atoms with Gasteiger partial charge < -0.3 is 5.32 Å². The molecule has 0 atom stereocenters. The van der Waals surface area contributed by atoms with Gasteiger partial charge in [0.05, 0.1) is 10.9 Å². The summed E-state index contributed by atoms with van der Waals surface area (Å²) in [6, 6.07) is 5.48. The highest BCUT2D eigenvalue weighted by Gasteiger charge is 2.19. The largest absolute Gasteiger partial charge is 0.350 e. The summed E-state index contributed by atoms with van der Waals surface area (Å²) in [6.07, 6.45) is 1.76. The van der Waals surface area contributed by atoms with E-state index in [1.54, 1.807) is 10.6 Å². The first-order valence-electron chi connectivity index (χ1n) is 8.69. The van der Waals surface area contributed by atoms with Gasteiger partial charge in [-0.3, -0.25) is 18.7 Å². The minimum Gasteiger partial charge on any atom is -0.350 e. The molecule has 0 spiro atoms. The third-order valence-electron chi connectivity index (χ3n) is 4.01. The van der Waals surface area contributed by atoms with Crippen molar-refractivity contribution < 1.29 is 4.79 Å². The summed E-state index contributed by atoms with van der Waals surface area (Å²) in [6.45, 7) is 9.72. The van der Waals surface area contributed by atoms with Gasteiger partial charge in [0.2, 0.25) is 5.91 Å². The number of hydrogen-bond donors (Lipinski definition) is 1. The number of fused-ring (bicyclic) bond motifs is 1. The molecule has 25 heavy (non-hydrogen) atoms. The van der Waals surface area contributed by atoms with E-state index in [1.165, 1.54) is 0 Å². The molecule has 6 heteroatoms. The van der Waals surface area contributed by atoms with Crippen molar-refractivity contribution in [1.82, 2.24) is 14.5 Å². The fraction of sp³-hybridized carbons (Fsp3) is 0.526. The predicted octanol–water partition coefficient (Wildman–Crippen LogP) is 2.19. The Morgan fingerprint density at radius 3 is 2.44 bits per heavy atom. The van der Waals surface area contributed by atoms with E-state index >= 15 is 0 Å². The summed E-state index contributed by atoms with van der Waals surface area (Å²) in [4.78, 5) is 38.0. The van der Waals surface area contributed by atoms with Crippen molar-refractivity contribution in [1.29, 1.82) is 0 Å². The maximum atomic E-state index is 12.9. The Kier molecular flexibility index (Phi) is 5.50. The number of amides is 1. The van der Waals surface area contributed by atoms with Crippen LogP contribution < -0.4 is 16.6 Å². The molecule has 0 aliphatic rings. The van der Waals surface area contributed by atoms with Crippen LogP contribution in [-0.2, 0) is 17.9 Å². The molecule has 0 saturated heterocycles. The number of carbonyl (C=O) groups excluding carboxylic acids is 1. The molecule has 1 heterocycles. The molecule has 0 aliphatic heterocycles. The van der Waals surface area contributed by atoms with Gasteiger partial charge in [0.1, 0.15) is 6.54 Å². The number of aryl methyl sites for hydroxylation is 2. The first kappa shape index (κ1) is 19.0. The second-order valence-corrected chi connectivity index (χ2v) is 7.45. The van der Waals surface area contributed by atoms with Gasteiger partial charge in [-0.2, -0.15) is 0 Å². The van der Waals surface area contributed by atoms with E-state index in [-0.39, 0.29) is 12.5 Å². The lowest BCUT2D eigenvalue weighted by Crippen LogP contribution is -2.47. The smallest absolute Gasteiger partial charge is 0.331 e. The number of nitrogens with zero attached hydrogens (tertiary/aromatic N) is 2. The molecule has 1 aromatic heterocycles. The Morgan fingerprint density at radius 2 is 1.84 bits per heavy atom. The van der Waals surface area contributed by atoms with Crippen LogP contribution in [0.15, 0.2) is 27.8 Å². The first-order valence-corrected chi connectivity index (χ1v) is 8.69. The molecule has 6 nitrogen and oxygen atoms in total. The van der Waals surface area contributed by atoms with Gasteiger partial charge in [0, 0.05) is 12.1 Å². The minimum atomic E-state index is -0.430. The highest BCUT2D eigenvalue weighted by Crippen LogP contribution is 2.13. The molecule has 2 aromatic rings. The van der Waals surface area contributed by atoms with Crippen molar-refractivity contribution >= 4 is 16.8 Å². The van der Waals surface area contributed by atoms with Crippen LogP contribution in [0.25, 0.3) is 10.9 Å². The molecule has 1 amide bonds. The molecule has 0 fully saturated rings. The SMILES string of the molecule is CCCCn1c(=O)n(CC(=O)NC(C)(C)C)c(=O)c2c(C)cccc21. The number of benzene rings is 1. The Hall–Kier alpha value is -2.37. The highest BCUT2D eigenvalue weighted by atomic mass is 16.2. The van der Waals surface area contributed by atoms with Gasteiger partial charge in [-0.25, -0.2) is 4.79 Å². The lowest BCUT2D eigenvalue weighted by atomic mass is 10.1. The Balaban J connectivity index is 2.64. The molecule has 1 aromatic carbocycles. The third kappa shape index (κ3) is 4.18. The van der Waals surface area contributed by atoms with Crippen LogP contribution in [0.1, 0.15) is 46.1 Å². The van der Waals surface area contributed by atoms with E-state index < -0.39 is 16.8 Å². The topological polar surface area (TPSA) is 73.1 Å². The van der Waals surface area contributed by atoms with E-state index in [9.17, 15) is 14.4 Å². The van der Waals surface area contributed by atoms with Gasteiger partial charge in [-0.05, 0) is 45.7 Å². The molecular weight excluding hydrogens is 318 g/mol. The molecule has 0 saturated carbocycles. The number of carbonyl (C=O) groups is 1. The van der Waals surface area contributed by atoms with Crippen molar-refractivity contribution in [3.63, 3.8) is 0 Å². The second-order valence-electron chi connectivity index (χ2n) is 7.45. The highest BCUT2D eigenvalue weighted by molar-refractivity contribution is 5.82. The molecular formula is C19H27N3O3. The zero-order valence-electron chi connectivity index (χ0n) is 15.7. The third-order valence-corrected chi connectivity index (χ3v) is 4.01. The van der Waals surface area contributed by atoms with Crippen molar-refractivity contribution in [3.8, 4) is 0 Å². The first-order chi connectivity index (χ1) is 11.7. The Bertz CT molecular complexity index is 901. The Labute approximate surface area is 147 Å². The number of rotatable bonds is 5. The van der Waals surface area contributed by atoms with E-state index in [2.05, 4.69) is 5.32 Å². The van der Waals surface area contributed by atoms with Gasteiger partial charge in [-0.1, -0.05) is 25.5 Å². The number of nitrogens with one attached hydrogen (secondary N) is 1. The monoisotopic (exact) mass is 345 g/mol. The summed E-state index contributed by atoms with van der Waals surface area (Å²) >= 11 is 0. The molecule has 1 N–H and O–H groups in total. The van der Waals surface area contributed by atoms with Gasteiger partial charge in [-0.15, -0.1) is 0 Å². The van der Waals surface area contributed by atoms with Crippen molar-refractivity contribution in [2.45, 2.75) is 66.1 Å². The van der Waals surface area contributed by atoms with Gasteiger partial charge in [0.25, 0.3) is 5.56 Å². The average molecular weight is 345 g/mol. The van der Waals surface area contributed by atoms with Crippen LogP contribution in [0.5, 0.6) is 0 Å². The van der Waals surface area contributed by atoms with Crippen LogP contribution >= 0.6 is 0 Å². The number of unbranched alkanes of at least 4 members (excludes halogenated alkanes) is 1. The second kappa shape index (κ2) is 7.25. The summed E-state index contributed by atoms with van der Waals surface area (Å²) < 4.78 is 2.66. The summed E-state index contributed by atoms with van der Waals surface area (Å²) in [5.74, 6) is -0.346. The van der Waals surface area contributed by atoms with Gasteiger partial charge >= 0.3 is 5.69 Å². The Morgan fingerprint density at radius 1 is 1.16 bits per heavy atom. The van der Waals surface area contributed by atoms with E-state index in [0.717, 1.165) is 23.0 Å². The number of hydrogen-bond acceptors (Lipinski definition) is 3. The van der Waals surface area contributed by atoms with Crippen LogP contribution in [-0.4, -0.2) is 20.6 Å². The van der Waals surface area contributed by atoms with Gasteiger partial charge in [0.15, 0.2) is 0 Å². The standard InChI is InChI=1S/C19H27N3O3/c1-6-7-11-21-14-10-8-9-13(2)16(14)17(24)22(18(21)25)12-15(23)20-19(3,4)5/h8-10H,6-7,11-12H2,1-5H3,(H,20,23). The molecule has 0 unspecified atom stereocenters. The number of aromatic nitrogens is 2. The maximum Gasteiger partial charge on any atom is 0.331 e. The van der Waals surface area contributed by atoms with Crippen molar-refractivity contribution in [2.75, 3.05) is 0 Å². The van der Waals surface area contributed by atoms with Crippen LogP contribution in [0.4, 0.5) is 0 Å². The lowest BCUT2D eigenvalue weighted by molar-refractivity contribution is -0.123. The van der Waals surface area contributed by atoms with Crippen LogP contribution in [0.3, 0.4) is 0 Å². The van der Waals surface area contributed by atoms with E-state index in [1.807, 2.05) is 46.8 Å². The predicted molar refractivity (Wildman–Crippen MR) is 100 cm³/mol.